The smallest absolute Gasteiger partial charge is 0.146 e. The van der Waals surface area contributed by atoms with E-state index in [2.05, 4.69) is 27.8 Å². The Kier molecular flexibility index (Phi) is 3.86. The van der Waals surface area contributed by atoms with E-state index in [1.54, 1.807) is 12.1 Å². The van der Waals surface area contributed by atoms with Gasteiger partial charge in [0.2, 0.25) is 0 Å². The second kappa shape index (κ2) is 5.57. The van der Waals surface area contributed by atoms with Gasteiger partial charge in [-0.15, -0.1) is 5.10 Å². The first-order chi connectivity index (χ1) is 8.70. The predicted octanol–water partition coefficient (Wildman–Crippen LogP) is 2.40. The van der Waals surface area contributed by atoms with E-state index in [4.69, 9.17) is 0 Å². The lowest BCUT2D eigenvalue weighted by atomic mass is 10.2. The van der Waals surface area contributed by atoms with Crippen LogP contribution in [0, 0.1) is 5.82 Å². The zero-order valence-electron chi connectivity index (χ0n) is 10.5. The topological polar surface area (TPSA) is 55.6 Å². The Morgan fingerprint density at radius 1 is 1.44 bits per heavy atom. The number of hydrogen-bond acceptors (Lipinski definition) is 4. The highest BCUT2D eigenvalue weighted by Gasteiger charge is 2.08. The third kappa shape index (κ3) is 2.82. The standard InChI is InChI=1S/C12H16FN5/c1-3-4-9(2)15-12-7-10(5-6-11(12)13)18-8-14-16-17-18/h5-9,15H,3-4H2,1-2H3. The van der Waals surface area contributed by atoms with Crippen LogP contribution in [0.1, 0.15) is 26.7 Å². The van der Waals surface area contributed by atoms with Gasteiger partial charge in [0.15, 0.2) is 0 Å². The highest BCUT2D eigenvalue weighted by molar-refractivity contribution is 5.52. The van der Waals surface area contributed by atoms with Crippen molar-refractivity contribution in [1.29, 1.82) is 0 Å². The maximum Gasteiger partial charge on any atom is 0.146 e. The zero-order valence-corrected chi connectivity index (χ0v) is 10.5. The van der Waals surface area contributed by atoms with Gasteiger partial charge in [0.25, 0.3) is 0 Å². The van der Waals surface area contributed by atoms with E-state index in [0.29, 0.717) is 5.69 Å². The summed E-state index contributed by atoms with van der Waals surface area (Å²) in [6, 6.07) is 4.99. The molecule has 0 fully saturated rings. The van der Waals surface area contributed by atoms with Crippen molar-refractivity contribution in [3.05, 3.63) is 30.3 Å². The molecule has 1 unspecified atom stereocenters. The lowest BCUT2D eigenvalue weighted by Gasteiger charge is -2.15. The van der Waals surface area contributed by atoms with E-state index in [-0.39, 0.29) is 11.9 Å². The number of rotatable bonds is 5. The summed E-state index contributed by atoms with van der Waals surface area (Å²) in [7, 11) is 0. The van der Waals surface area contributed by atoms with Crippen molar-refractivity contribution in [2.45, 2.75) is 32.7 Å². The van der Waals surface area contributed by atoms with E-state index in [1.807, 2.05) is 6.92 Å². The van der Waals surface area contributed by atoms with Crippen molar-refractivity contribution in [3.8, 4) is 5.69 Å². The lowest BCUT2D eigenvalue weighted by molar-refractivity contribution is 0.619. The molecule has 0 aliphatic heterocycles. The first-order valence-electron chi connectivity index (χ1n) is 6.00. The Labute approximate surface area is 105 Å². The molecule has 1 aromatic heterocycles. The van der Waals surface area contributed by atoms with Crippen molar-refractivity contribution in [2.75, 3.05) is 5.32 Å². The number of anilines is 1. The summed E-state index contributed by atoms with van der Waals surface area (Å²) in [5.74, 6) is -0.269. The van der Waals surface area contributed by atoms with Crippen LogP contribution in [0.25, 0.3) is 5.69 Å². The second-order valence-electron chi connectivity index (χ2n) is 4.25. The summed E-state index contributed by atoms with van der Waals surface area (Å²) >= 11 is 0. The van der Waals surface area contributed by atoms with Gasteiger partial charge in [0.05, 0.1) is 11.4 Å². The van der Waals surface area contributed by atoms with Crippen molar-refractivity contribution in [3.63, 3.8) is 0 Å². The summed E-state index contributed by atoms with van der Waals surface area (Å²) in [6.45, 7) is 4.14. The van der Waals surface area contributed by atoms with Crippen LogP contribution in [-0.2, 0) is 0 Å². The van der Waals surface area contributed by atoms with Crippen LogP contribution in [0.3, 0.4) is 0 Å². The predicted molar refractivity (Wildman–Crippen MR) is 67.1 cm³/mol. The molecule has 2 rings (SSSR count). The molecule has 1 heterocycles. The molecule has 0 amide bonds. The molecule has 0 radical (unpaired) electrons. The van der Waals surface area contributed by atoms with E-state index in [9.17, 15) is 4.39 Å². The molecule has 0 saturated heterocycles. The monoisotopic (exact) mass is 249 g/mol. The fraction of sp³-hybridized carbons (Fsp3) is 0.417. The number of nitrogens with zero attached hydrogens (tertiary/aromatic N) is 4. The van der Waals surface area contributed by atoms with E-state index in [1.165, 1.54) is 17.1 Å². The average Bonchev–Trinajstić information content (AvgIpc) is 2.86. The Hall–Kier alpha value is -1.98. The number of tetrazole rings is 1. The zero-order chi connectivity index (χ0) is 13.0. The Morgan fingerprint density at radius 2 is 2.28 bits per heavy atom. The molecule has 1 aromatic carbocycles. The van der Waals surface area contributed by atoms with Gasteiger partial charge in [0.1, 0.15) is 12.1 Å². The van der Waals surface area contributed by atoms with Gasteiger partial charge in [0, 0.05) is 6.04 Å². The molecule has 0 saturated carbocycles. The van der Waals surface area contributed by atoms with Gasteiger partial charge >= 0.3 is 0 Å². The molecule has 2 aromatic rings. The van der Waals surface area contributed by atoms with E-state index >= 15 is 0 Å². The van der Waals surface area contributed by atoms with Crippen molar-refractivity contribution in [1.82, 2.24) is 20.2 Å². The van der Waals surface area contributed by atoms with Crippen LogP contribution >= 0.6 is 0 Å². The fourth-order valence-electron chi connectivity index (χ4n) is 1.82. The van der Waals surface area contributed by atoms with Crippen LogP contribution in [0.5, 0.6) is 0 Å². The SMILES string of the molecule is CCCC(C)Nc1cc(-n2cnnn2)ccc1F. The first kappa shape index (κ1) is 12.5. The molecule has 0 bridgehead atoms. The maximum atomic E-state index is 13.7. The van der Waals surface area contributed by atoms with E-state index < -0.39 is 0 Å². The first-order valence-corrected chi connectivity index (χ1v) is 6.00. The summed E-state index contributed by atoms with van der Waals surface area (Å²) in [6.07, 6.45) is 3.53. The highest BCUT2D eigenvalue weighted by Crippen LogP contribution is 2.19. The summed E-state index contributed by atoms with van der Waals surface area (Å²) in [5.41, 5.74) is 1.21. The van der Waals surface area contributed by atoms with E-state index in [0.717, 1.165) is 18.5 Å². The van der Waals surface area contributed by atoms with Gasteiger partial charge in [-0.05, 0) is 42.0 Å². The second-order valence-corrected chi connectivity index (χ2v) is 4.25. The largest absolute Gasteiger partial charge is 0.380 e. The van der Waals surface area contributed by atoms with Crippen molar-refractivity contribution >= 4 is 5.69 Å². The lowest BCUT2D eigenvalue weighted by Crippen LogP contribution is -2.15. The molecule has 18 heavy (non-hydrogen) atoms. The summed E-state index contributed by atoms with van der Waals surface area (Å²) < 4.78 is 15.2. The quantitative estimate of drug-likeness (QED) is 0.884. The molecule has 1 N–H and O–H groups in total. The Balaban J connectivity index is 2.22. The number of hydrogen-bond donors (Lipinski definition) is 1. The minimum Gasteiger partial charge on any atom is -0.380 e. The molecule has 5 nitrogen and oxygen atoms in total. The minimum absolute atomic E-state index is 0.230. The van der Waals surface area contributed by atoms with Crippen molar-refractivity contribution < 1.29 is 4.39 Å². The molecule has 0 spiro atoms. The number of benzene rings is 1. The molecule has 1 atom stereocenters. The summed E-state index contributed by atoms with van der Waals surface area (Å²) in [4.78, 5) is 0. The maximum absolute atomic E-state index is 13.7. The van der Waals surface area contributed by atoms with Crippen molar-refractivity contribution in [2.24, 2.45) is 0 Å². The third-order valence-electron chi connectivity index (χ3n) is 2.69. The fourth-order valence-corrected chi connectivity index (χ4v) is 1.82. The molecule has 96 valence electrons. The van der Waals surface area contributed by atoms with Gasteiger partial charge in [-0.2, -0.15) is 0 Å². The Morgan fingerprint density at radius 3 is 2.94 bits per heavy atom. The Bertz CT molecular complexity index is 497. The van der Waals surface area contributed by atoms with Crippen LogP contribution in [0.2, 0.25) is 0 Å². The minimum atomic E-state index is -0.269. The molecule has 6 heteroatoms. The number of aromatic nitrogens is 4. The molecule has 0 aliphatic rings. The van der Waals surface area contributed by atoms with Crippen LogP contribution in [0.4, 0.5) is 10.1 Å². The van der Waals surface area contributed by atoms with Gasteiger partial charge in [-0.3, -0.25) is 0 Å². The average molecular weight is 249 g/mol. The van der Waals surface area contributed by atoms with Gasteiger partial charge < -0.3 is 5.32 Å². The van der Waals surface area contributed by atoms with Gasteiger partial charge in [-0.1, -0.05) is 13.3 Å². The number of halogens is 1. The normalized spacial score (nSPS) is 12.4. The van der Waals surface area contributed by atoms with Crippen LogP contribution < -0.4 is 5.32 Å². The summed E-state index contributed by atoms with van der Waals surface area (Å²) in [5, 5.41) is 14.1. The third-order valence-corrected chi connectivity index (χ3v) is 2.69. The highest BCUT2D eigenvalue weighted by atomic mass is 19.1. The molecular weight excluding hydrogens is 233 g/mol. The molecule has 0 aliphatic carbocycles. The van der Waals surface area contributed by atoms with Crippen LogP contribution in [0.15, 0.2) is 24.5 Å². The number of nitrogens with one attached hydrogen (secondary N) is 1. The van der Waals surface area contributed by atoms with Crippen LogP contribution in [-0.4, -0.2) is 26.2 Å². The molecular formula is C12H16FN5. The van der Waals surface area contributed by atoms with Gasteiger partial charge in [-0.25, -0.2) is 9.07 Å².